The van der Waals surface area contributed by atoms with E-state index in [1.54, 1.807) is 18.2 Å². The summed E-state index contributed by atoms with van der Waals surface area (Å²) in [4.78, 5) is 21.1. The Kier molecular flexibility index (Phi) is 4.26. The number of nitrogens with one attached hydrogen (secondary N) is 1. The number of rotatable bonds is 5. The minimum Gasteiger partial charge on any atom is -0.375 e. The third-order valence-corrected chi connectivity index (χ3v) is 2.89. The van der Waals surface area contributed by atoms with E-state index in [-0.39, 0.29) is 11.3 Å². The van der Waals surface area contributed by atoms with Gasteiger partial charge in [0.2, 0.25) is 0 Å². The summed E-state index contributed by atoms with van der Waals surface area (Å²) in [7, 11) is 0. The Morgan fingerprint density at radius 1 is 1.29 bits per heavy atom. The molecule has 2 aromatic rings. The van der Waals surface area contributed by atoms with Crippen LogP contribution in [0.25, 0.3) is 0 Å². The average molecular weight is 281 g/mol. The third kappa shape index (κ3) is 3.42. The van der Waals surface area contributed by atoms with E-state index in [9.17, 15) is 14.9 Å². The SMILES string of the molecule is N#Cc1cccc(CNc2ccc(C=O)cc2[N+](=O)[O-])c1. The average Bonchev–Trinajstić information content (AvgIpc) is 2.52. The second-order valence-corrected chi connectivity index (χ2v) is 4.32. The quantitative estimate of drug-likeness (QED) is 0.516. The van der Waals surface area contributed by atoms with Crippen LogP contribution < -0.4 is 5.32 Å². The first-order valence-electron chi connectivity index (χ1n) is 6.10. The van der Waals surface area contributed by atoms with Gasteiger partial charge in [-0.2, -0.15) is 5.26 Å². The van der Waals surface area contributed by atoms with Gasteiger partial charge in [0.05, 0.1) is 16.6 Å². The van der Waals surface area contributed by atoms with Crippen molar-refractivity contribution in [3.63, 3.8) is 0 Å². The minimum atomic E-state index is -0.541. The van der Waals surface area contributed by atoms with Gasteiger partial charge in [0.1, 0.15) is 12.0 Å². The fourth-order valence-electron chi connectivity index (χ4n) is 1.87. The summed E-state index contributed by atoms with van der Waals surface area (Å²) in [6, 6.07) is 13.2. The maximum Gasteiger partial charge on any atom is 0.293 e. The van der Waals surface area contributed by atoms with Crippen LogP contribution in [0, 0.1) is 21.4 Å². The maximum atomic E-state index is 11.0. The van der Waals surface area contributed by atoms with Crippen LogP contribution in [-0.4, -0.2) is 11.2 Å². The van der Waals surface area contributed by atoms with Gasteiger partial charge in [0.15, 0.2) is 0 Å². The molecule has 2 rings (SSSR count). The summed E-state index contributed by atoms with van der Waals surface area (Å²) in [5.74, 6) is 0. The smallest absolute Gasteiger partial charge is 0.293 e. The van der Waals surface area contributed by atoms with Gasteiger partial charge >= 0.3 is 0 Å². The Labute approximate surface area is 120 Å². The maximum absolute atomic E-state index is 11.0. The lowest BCUT2D eigenvalue weighted by Gasteiger charge is -2.08. The van der Waals surface area contributed by atoms with Gasteiger partial charge in [-0.3, -0.25) is 14.9 Å². The number of carbonyl (C=O) groups is 1. The van der Waals surface area contributed by atoms with Crippen LogP contribution in [0.3, 0.4) is 0 Å². The van der Waals surface area contributed by atoms with Gasteiger partial charge in [-0.05, 0) is 29.8 Å². The molecule has 0 aromatic heterocycles. The van der Waals surface area contributed by atoms with E-state index in [4.69, 9.17) is 5.26 Å². The number of nitro benzene ring substituents is 1. The van der Waals surface area contributed by atoms with Crippen LogP contribution in [0.4, 0.5) is 11.4 Å². The molecule has 0 saturated carbocycles. The van der Waals surface area contributed by atoms with E-state index in [0.29, 0.717) is 24.1 Å². The van der Waals surface area contributed by atoms with Crippen molar-refractivity contribution < 1.29 is 9.72 Å². The molecule has 0 aliphatic rings. The fourth-order valence-corrected chi connectivity index (χ4v) is 1.87. The molecule has 0 radical (unpaired) electrons. The Bertz CT molecular complexity index is 735. The monoisotopic (exact) mass is 281 g/mol. The van der Waals surface area contributed by atoms with Gasteiger partial charge in [-0.25, -0.2) is 0 Å². The molecular weight excluding hydrogens is 270 g/mol. The number of hydrogen-bond acceptors (Lipinski definition) is 5. The lowest BCUT2D eigenvalue weighted by molar-refractivity contribution is -0.384. The summed E-state index contributed by atoms with van der Waals surface area (Å²) in [5, 5.41) is 22.8. The zero-order valence-corrected chi connectivity index (χ0v) is 10.9. The number of nitriles is 1. The van der Waals surface area contributed by atoms with E-state index < -0.39 is 4.92 Å². The van der Waals surface area contributed by atoms with Crippen LogP contribution in [0.15, 0.2) is 42.5 Å². The van der Waals surface area contributed by atoms with Crippen LogP contribution in [0.5, 0.6) is 0 Å². The zero-order valence-electron chi connectivity index (χ0n) is 10.9. The first-order valence-corrected chi connectivity index (χ1v) is 6.10. The molecule has 0 heterocycles. The van der Waals surface area contributed by atoms with Crippen LogP contribution in [0.2, 0.25) is 0 Å². The van der Waals surface area contributed by atoms with Crippen LogP contribution in [-0.2, 0) is 6.54 Å². The zero-order chi connectivity index (χ0) is 15.2. The lowest BCUT2D eigenvalue weighted by atomic mass is 10.1. The van der Waals surface area contributed by atoms with Gasteiger partial charge in [0.25, 0.3) is 5.69 Å². The topological polar surface area (TPSA) is 96.0 Å². The third-order valence-electron chi connectivity index (χ3n) is 2.89. The van der Waals surface area contributed by atoms with Crippen molar-refractivity contribution >= 4 is 17.7 Å². The first-order chi connectivity index (χ1) is 10.1. The first kappa shape index (κ1) is 14.2. The highest BCUT2D eigenvalue weighted by Crippen LogP contribution is 2.25. The number of nitro groups is 1. The highest BCUT2D eigenvalue weighted by atomic mass is 16.6. The second-order valence-electron chi connectivity index (χ2n) is 4.32. The highest BCUT2D eigenvalue weighted by molar-refractivity contribution is 5.79. The predicted octanol–water partition coefficient (Wildman–Crippen LogP) is 2.89. The van der Waals surface area contributed by atoms with Gasteiger partial charge in [-0.1, -0.05) is 12.1 Å². The van der Waals surface area contributed by atoms with Crippen molar-refractivity contribution in [1.82, 2.24) is 0 Å². The van der Waals surface area contributed by atoms with Crippen molar-refractivity contribution in [2.24, 2.45) is 0 Å². The van der Waals surface area contributed by atoms with E-state index in [2.05, 4.69) is 5.32 Å². The van der Waals surface area contributed by atoms with Gasteiger partial charge in [-0.15, -0.1) is 0 Å². The number of benzene rings is 2. The van der Waals surface area contributed by atoms with E-state index in [1.807, 2.05) is 12.1 Å². The summed E-state index contributed by atoms with van der Waals surface area (Å²) in [6.07, 6.45) is 0.563. The van der Waals surface area contributed by atoms with Crippen molar-refractivity contribution in [2.45, 2.75) is 6.54 Å². The summed E-state index contributed by atoms with van der Waals surface area (Å²) >= 11 is 0. The highest BCUT2D eigenvalue weighted by Gasteiger charge is 2.14. The van der Waals surface area contributed by atoms with Crippen molar-refractivity contribution in [2.75, 3.05) is 5.32 Å². The molecule has 6 heteroatoms. The molecule has 0 amide bonds. The molecule has 0 saturated heterocycles. The van der Waals surface area contributed by atoms with Gasteiger partial charge in [0, 0.05) is 18.2 Å². The number of hydrogen-bond donors (Lipinski definition) is 1. The molecule has 104 valence electrons. The Balaban J connectivity index is 2.21. The number of aldehydes is 1. The fraction of sp³-hybridized carbons (Fsp3) is 0.0667. The van der Waals surface area contributed by atoms with Crippen molar-refractivity contribution in [1.29, 1.82) is 5.26 Å². The molecule has 0 aliphatic carbocycles. The molecule has 0 atom stereocenters. The van der Waals surface area contributed by atoms with Crippen molar-refractivity contribution in [3.8, 4) is 6.07 Å². The second kappa shape index (κ2) is 6.30. The molecular formula is C15H11N3O3. The molecule has 0 bridgehead atoms. The molecule has 0 unspecified atom stereocenters. The molecule has 1 N–H and O–H groups in total. The van der Waals surface area contributed by atoms with Gasteiger partial charge < -0.3 is 5.32 Å². The molecule has 21 heavy (non-hydrogen) atoms. The Hall–Kier alpha value is -3.20. The van der Waals surface area contributed by atoms with Crippen LogP contribution in [0.1, 0.15) is 21.5 Å². The minimum absolute atomic E-state index is 0.156. The molecule has 0 fully saturated rings. The lowest BCUT2D eigenvalue weighted by Crippen LogP contribution is -2.03. The molecule has 0 aliphatic heterocycles. The molecule has 0 spiro atoms. The molecule has 6 nitrogen and oxygen atoms in total. The van der Waals surface area contributed by atoms with Crippen LogP contribution >= 0.6 is 0 Å². The van der Waals surface area contributed by atoms with E-state index in [1.165, 1.54) is 18.2 Å². The Morgan fingerprint density at radius 2 is 2.10 bits per heavy atom. The van der Waals surface area contributed by atoms with Crippen molar-refractivity contribution in [3.05, 3.63) is 69.3 Å². The number of carbonyl (C=O) groups excluding carboxylic acids is 1. The van der Waals surface area contributed by atoms with E-state index >= 15 is 0 Å². The summed E-state index contributed by atoms with van der Waals surface area (Å²) < 4.78 is 0. The Morgan fingerprint density at radius 3 is 2.76 bits per heavy atom. The molecule has 2 aromatic carbocycles. The predicted molar refractivity (Wildman–Crippen MR) is 77.0 cm³/mol. The largest absolute Gasteiger partial charge is 0.375 e. The van der Waals surface area contributed by atoms with E-state index in [0.717, 1.165) is 5.56 Å². The summed E-state index contributed by atoms with van der Waals surface area (Å²) in [6.45, 7) is 0.344. The summed E-state index contributed by atoms with van der Waals surface area (Å²) in [5.41, 5.74) is 1.78. The standard InChI is InChI=1S/C15H11N3O3/c16-8-11-2-1-3-12(6-11)9-17-14-5-4-13(10-19)7-15(14)18(20)21/h1-7,10,17H,9H2. The normalized spacial score (nSPS) is 9.67. The number of nitrogens with zero attached hydrogens (tertiary/aromatic N) is 2. The number of anilines is 1.